The van der Waals surface area contributed by atoms with Crippen molar-refractivity contribution in [3.8, 4) is 0 Å². The molecule has 0 unspecified atom stereocenters. The van der Waals surface area contributed by atoms with Gasteiger partial charge in [0.2, 0.25) is 5.91 Å². The van der Waals surface area contributed by atoms with E-state index in [-0.39, 0.29) is 12.5 Å². The SMILES string of the molecule is [N-]=[N+]=NCC(=O)N1C[C@@H]2COC[C@H]2C1. The summed E-state index contributed by atoms with van der Waals surface area (Å²) >= 11 is 0. The Morgan fingerprint density at radius 3 is 2.71 bits per heavy atom. The molecule has 0 aromatic carbocycles. The summed E-state index contributed by atoms with van der Waals surface area (Å²) in [6, 6.07) is 0. The number of nitrogens with zero attached hydrogens (tertiary/aromatic N) is 4. The molecule has 2 rings (SSSR count). The van der Waals surface area contributed by atoms with E-state index >= 15 is 0 Å². The average molecular weight is 196 g/mol. The Morgan fingerprint density at radius 2 is 2.14 bits per heavy atom. The number of amides is 1. The van der Waals surface area contributed by atoms with Crippen LogP contribution in [0.15, 0.2) is 5.11 Å². The fourth-order valence-corrected chi connectivity index (χ4v) is 2.08. The third kappa shape index (κ3) is 1.66. The van der Waals surface area contributed by atoms with Crippen LogP contribution in [0.3, 0.4) is 0 Å². The van der Waals surface area contributed by atoms with E-state index in [0.717, 1.165) is 26.3 Å². The quantitative estimate of drug-likeness (QED) is 0.364. The molecule has 2 saturated heterocycles. The van der Waals surface area contributed by atoms with E-state index < -0.39 is 0 Å². The van der Waals surface area contributed by atoms with Gasteiger partial charge in [0.1, 0.15) is 6.54 Å². The lowest BCUT2D eigenvalue weighted by Crippen LogP contribution is -2.31. The number of ether oxygens (including phenoxy) is 1. The summed E-state index contributed by atoms with van der Waals surface area (Å²) in [6.07, 6.45) is 0. The molecule has 0 N–H and O–H groups in total. The van der Waals surface area contributed by atoms with Gasteiger partial charge in [-0.15, -0.1) is 0 Å². The van der Waals surface area contributed by atoms with Crippen LogP contribution in [-0.2, 0) is 9.53 Å². The van der Waals surface area contributed by atoms with Crippen LogP contribution in [0.4, 0.5) is 0 Å². The predicted molar refractivity (Wildman–Crippen MR) is 48.4 cm³/mol. The second-order valence-electron chi connectivity index (χ2n) is 3.75. The predicted octanol–water partition coefficient (Wildman–Crippen LogP) is 0.401. The Kier molecular flexibility index (Phi) is 2.56. The molecule has 2 heterocycles. The third-order valence-corrected chi connectivity index (χ3v) is 2.86. The number of hydrogen-bond acceptors (Lipinski definition) is 3. The van der Waals surface area contributed by atoms with Gasteiger partial charge < -0.3 is 9.64 Å². The summed E-state index contributed by atoms with van der Waals surface area (Å²) in [4.78, 5) is 15.8. The number of likely N-dealkylation sites (tertiary alicyclic amines) is 1. The maximum absolute atomic E-state index is 11.5. The zero-order valence-electron chi connectivity index (χ0n) is 7.80. The summed E-state index contributed by atoms with van der Waals surface area (Å²) in [6.45, 7) is 2.97. The van der Waals surface area contributed by atoms with E-state index in [9.17, 15) is 4.79 Å². The summed E-state index contributed by atoms with van der Waals surface area (Å²) in [7, 11) is 0. The normalized spacial score (nSPS) is 29.9. The maximum Gasteiger partial charge on any atom is 0.228 e. The fourth-order valence-electron chi connectivity index (χ4n) is 2.08. The van der Waals surface area contributed by atoms with Crippen molar-refractivity contribution < 1.29 is 9.53 Å². The minimum atomic E-state index is -0.0720. The van der Waals surface area contributed by atoms with Gasteiger partial charge in [-0.05, 0) is 5.53 Å². The van der Waals surface area contributed by atoms with Crippen molar-refractivity contribution in [2.45, 2.75) is 0 Å². The Morgan fingerprint density at radius 1 is 1.50 bits per heavy atom. The monoisotopic (exact) mass is 196 g/mol. The minimum Gasteiger partial charge on any atom is -0.381 e. The highest BCUT2D eigenvalue weighted by Gasteiger charge is 2.38. The second kappa shape index (κ2) is 3.86. The molecule has 0 bridgehead atoms. The van der Waals surface area contributed by atoms with Gasteiger partial charge in [-0.1, -0.05) is 5.11 Å². The molecule has 0 aliphatic carbocycles. The van der Waals surface area contributed by atoms with Crippen LogP contribution in [-0.4, -0.2) is 43.7 Å². The molecule has 2 fully saturated rings. The number of rotatable bonds is 2. The molecule has 0 spiro atoms. The van der Waals surface area contributed by atoms with Crippen molar-refractivity contribution in [3.05, 3.63) is 10.4 Å². The molecule has 0 aromatic rings. The number of hydrogen-bond donors (Lipinski definition) is 0. The number of carbonyl (C=O) groups is 1. The summed E-state index contributed by atoms with van der Waals surface area (Å²) in [5.74, 6) is 0.909. The van der Waals surface area contributed by atoms with Crippen molar-refractivity contribution >= 4 is 5.91 Å². The van der Waals surface area contributed by atoms with Gasteiger partial charge in [0.15, 0.2) is 0 Å². The first-order chi connectivity index (χ1) is 6.81. The molecule has 6 heteroatoms. The molecule has 1 amide bonds. The van der Waals surface area contributed by atoms with Crippen molar-refractivity contribution in [2.75, 3.05) is 32.8 Å². The van der Waals surface area contributed by atoms with Crippen LogP contribution in [0.25, 0.3) is 10.4 Å². The molecule has 2 aliphatic heterocycles. The lowest BCUT2D eigenvalue weighted by molar-refractivity contribution is -0.129. The van der Waals surface area contributed by atoms with E-state index in [0.29, 0.717) is 11.8 Å². The molecule has 0 aromatic heterocycles. The second-order valence-corrected chi connectivity index (χ2v) is 3.75. The van der Waals surface area contributed by atoms with Gasteiger partial charge in [0.05, 0.1) is 13.2 Å². The van der Waals surface area contributed by atoms with E-state index in [1.807, 2.05) is 0 Å². The molecular formula is C8H12N4O2. The first-order valence-electron chi connectivity index (χ1n) is 4.67. The molecular weight excluding hydrogens is 184 g/mol. The van der Waals surface area contributed by atoms with E-state index in [1.165, 1.54) is 0 Å². The van der Waals surface area contributed by atoms with Crippen molar-refractivity contribution in [3.63, 3.8) is 0 Å². The average Bonchev–Trinajstić information content (AvgIpc) is 2.72. The van der Waals surface area contributed by atoms with Gasteiger partial charge in [-0.2, -0.15) is 0 Å². The van der Waals surface area contributed by atoms with E-state index in [2.05, 4.69) is 10.0 Å². The number of carbonyl (C=O) groups excluding carboxylic acids is 1. The van der Waals surface area contributed by atoms with Crippen LogP contribution < -0.4 is 0 Å². The Hall–Kier alpha value is -1.26. The lowest BCUT2D eigenvalue weighted by atomic mass is 10.0. The minimum absolute atomic E-state index is 0.0587. The molecule has 0 radical (unpaired) electrons. The zero-order chi connectivity index (χ0) is 9.97. The van der Waals surface area contributed by atoms with Crippen LogP contribution in [0.5, 0.6) is 0 Å². The Balaban J connectivity index is 1.89. The highest BCUT2D eigenvalue weighted by molar-refractivity contribution is 5.78. The molecule has 2 aliphatic rings. The molecule has 76 valence electrons. The maximum atomic E-state index is 11.5. The van der Waals surface area contributed by atoms with Gasteiger partial charge >= 0.3 is 0 Å². The van der Waals surface area contributed by atoms with Crippen LogP contribution in [0.1, 0.15) is 0 Å². The highest BCUT2D eigenvalue weighted by atomic mass is 16.5. The van der Waals surface area contributed by atoms with Gasteiger partial charge in [0, 0.05) is 29.8 Å². The number of azide groups is 1. The molecule has 6 nitrogen and oxygen atoms in total. The first kappa shape index (κ1) is 9.30. The highest BCUT2D eigenvalue weighted by Crippen LogP contribution is 2.28. The summed E-state index contributed by atoms with van der Waals surface area (Å²) < 4.78 is 5.30. The Bertz CT molecular complexity index is 275. The first-order valence-corrected chi connectivity index (χ1v) is 4.67. The van der Waals surface area contributed by atoms with Crippen molar-refractivity contribution in [2.24, 2.45) is 17.0 Å². The zero-order valence-corrected chi connectivity index (χ0v) is 7.80. The standard InChI is InChI=1S/C8H12N4O2/c9-11-10-1-8(13)12-2-6-4-14-5-7(6)3-12/h6-7H,1-5H2/t6-,7-/m1/s1. The number of fused-ring (bicyclic) bond motifs is 1. The van der Waals surface area contributed by atoms with Gasteiger partial charge in [-0.25, -0.2) is 0 Å². The van der Waals surface area contributed by atoms with E-state index in [1.54, 1.807) is 4.90 Å². The van der Waals surface area contributed by atoms with Crippen LogP contribution in [0.2, 0.25) is 0 Å². The van der Waals surface area contributed by atoms with E-state index in [4.69, 9.17) is 10.3 Å². The van der Waals surface area contributed by atoms with Crippen molar-refractivity contribution in [1.82, 2.24) is 4.90 Å². The summed E-state index contributed by atoms with van der Waals surface area (Å²) in [5.41, 5.74) is 8.09. The smallest absolute Gasteiger partial charge is 0.228 e. The summed E-state index contributed by atoms with van der Waals surface area (Å²) in [5, 5.41) is 3.27. The lowest BCUT2D eigenvalue weighted by Gasteiger charge is -2.15. The topological polar surface area (TPSA) is 78.3 Å². The fraction of sp³-hybridized carbons (Fsp3) is 0.875. The van der Waals surface area contributed by atoms with Crippen molar-refractivity contribution in [1.29, 1.82) is 0 Å². The van der Waals surface area contributed by atoms with Gasteiger partial charge in [-0.3, -0.25) is 4.79 Å². The van der Waals surface area contributed by atoms with Crippen LogP contribution in [0, 0.1) is 11.8 Å². The molecule has 0 saturated carbocycles. The largest absolute Gasteiger partial charge is 0.381 e. The third-order valence-electron chi connectivity index (χ3n) is 2.86. The van der Waals surface area contributed by atoms with Gasteiger partial charge in [0.25, 0.3) is 0 Å². The Labute approximate surface area is 81.5 Å². The van der Waals surface area contributed by atoms with Crippen LogP contribution >= 0.6 is 0 Å². The molecule has 14 heavy (non-hydrogen) atoms. The molecule has 2 atom stereocenters.